The predicted octanol–water partition coefficient (Wildman–Crippen LogP) is 4.81. The number of carbonyl (C=O) groups is 1. The number of nitrogens with zero attached hydrogens (tertiary/aromatic N) is 1. The number of benzene rings is 3. The summed E-state index contributed by atoms with van der Waals surface area (Å²) in [5, 5.41) is 0.457. The van der Waals surface area contributed by atoms with Gasteiger partial charge in [-0.15, -0.1) is 0 Å². The van der Waals surface area contributed by atoms with Gasteiger partial charge in [0.15, 0.2) is 0 Å². The van der Waals surface area contributed by atoms with Crippen LogP contribution in [0.3, 0.4) is 0 Å². The fourth-order valence-corrected chi connectivity index (χ4v) is 3.75. The molecule has 3 aromatic carbocycles. The summed E-state index contributed by atoms with van der Waals surface area (Å²) in [6, 6.07) is 20.7. The Morgan fingerprint density at radius 2 is 1.37 bits per heavy atom. The highest BCUT2D eigenvalue weighted by molar-refractivity contribution is 7.91. The third kappa shape index (κ3) is 4.30. The molecule has 138 valence electrons. The van der Waals surface area contributed by atoms with Gasteiger partial charge in [0.25, 0.3) is 0 Å². The van der Waals surface area contributed by atoms with Crippen molar-refractivity contribution in [2.75, 3.05) is 11.9 Å². The lowest BCUT2D eigenvalue weighted by molar-refractivity contribution is 0.209. The third-order valence-corrected chi connectivity index (χ3v) is 5.92. The van der Waals surface area contributed by atoms with Crippen molar-refractivity contribution in [3.63, 3.8) is 0 Å². The number of carbonyl (C=O) groups excluding carboxylic acids is 1. The standard InChI is InChI=1S/C20H16ClNO4S/c1-22(16-5-3-2-4-6-16)20(23)26-17-9-13-19(14-10-17)27(24,25)18-11-7-15(21)8-12-18/h2-14H,1H3. The zero-order chi connectivity index (χ0) is 19.4. The monoisotopic (exact) mass is 401 g/mol. The highest BCUT2D eigenvalue weighted by atomic mass is 35.5. The molecule has 0 aliphatic carbocycles. The van der Waals surface area contributed by atoms with E-state index in [0.29, 0.717) is 10.7 Å². The van der Waals surface area contributed by atoms with E-state index in [2.05, 4.69) is 0 Å². The molecule has 0 bridgehead atoms. The predicted molar refractivity (Wildman–Crippen MR) is 104 cm³/mol. The number of hydrogen-bond donors (Lipinski definition) is 0. The number of para-hydroxylation sites is 1. The van der Waals surface area contributed by atoms with Crippen LogP contribution in [0.15, 0.2) is 88.7 Å². The van der Waals surface area contributed by atoms with E-state index in [1.807, 2.05) is 18.2 Å². The molecule has 0 aliphatic heterocycles. The van der Waals surface area contributed by atoms with Gasteiger partial charge in [-0.3, -0.25) is 4.90 Å². The van der Waals surface area contributed by atoms with Gasteiger partial charge in [0.2, 0.25) is 9.84 Å². The molecule has 0 aliphatic rings. The summed E-state index contributed by atoms with van der Waals surface area (Å²) in [4.78, 5) is 13.8. The van der Waals surface area contributed by atoms with Gasteiger partial charge in [-0.05, 0) is 60.7 Å². The lowest BCUT2D eigenvalue weighted by atomic mass is 10.3. The molecule has 0 N–H and O–H groups in total. The van der Waals surface area contributed by atoms with Gasteiger partial charge in [0, 0.05) is 17.8 Å². The van der Waals surface area contributed by atoms with Gasteiger partial charge in [-0.2, -0.15) is 0 Å². The first-order valence-corrected chi connectivity index (χ1v) is 9.85. The number of sulfone groups is 1. The minimum absolute atomic E-state index is 0.0982. The van der Waals surface area contributed by atoms with Gasteiger partial charge in [0.05, 0.1) is 9.79 Å². The molecule has 0 radical (unpaired) electrons. The Labute approximate surface area is 162 Å². The number of ether oxygens (including phenoxy) is 1. The van der Waals surface area contributed by atoms with Crippen LogP contribution in [-0.4, -0.2) is 21.6 Å². The van der Waals surface area contributed by atoms with E-state index in [4.69, 9.17) is 16.3 Å². The fourth-order valence-electron chi connectivity index (χ4n) is 2.36. The summed E-state index contributed by atoms with van der Waals surface area (Å²) in [5.74, 6) is 0.248. The first-order valence-electron chi connectivity index (χ1n) is 7.99. The maximum absolute atomic E-state index is 12.6. The molecular formula is C20H16ClNO4S. The first-order chi connectivity index (χ1) is 12.9. The second kappa shape index (κ2) is 7.82. The van der Waals surface area contributed by atoms with Crippen molar-refractivity contribution < 1.29 is 17.9 Å². The van der Waals surface area contributed by atoms with Crippen LogP contribution < -0.4 is 9.64 Å². The average molecular weight is 402 g/mol. The summed E-state index contributed by atoms with van der Waals surface area (Å²) >= 11 is 5.80. The SMILES string of the molecule is CN(C(=O)Oc1ccc(S(=O)(=O)c2ccc(Cl)cc2)cc1)c1ccccc1. The summed E-state index contributed by atoms with van der Waals surface area (Å²) in [5.41, 5.74) is 0.685. The molecule has 7 heteroatoms. The van der Waals surface area contributed by atoms with Gasteiger partial charge in [-0.25, -0.2) is 13.2 Å². The van der Waals surface area contributed by atoms with Crippen molar-refractivity contribution in [3.05, 3.63) is 83.9 Å². The number of amides is 1. The normalized spacial score (nSPS) is 11.0. The third-order valence-electron chi connectivity index (χ3n) is 3.88. The van der Waals surface area contributed by atoms with Crippen LogP contribution in [0.4, 0.5) is 10.5 Å². The highest BCUT2D eigenvalue weighted by Gasteiger charge is 2.18. The van der Waals surface area contributed by atoms with Crippen LogP contribution in [-0.2, 0) is 9.84 Å². The first kappa shape index (κ1) is 18.9. The quantitative estimate of drug-likeness (QED) is 0.629. The van der Waals surface area contributed by atoms with E-state index in [0.717, 1.165) is 0 Å². The van der Waals surface area contributed by atoms with Crippen molar-refractivity contribution >= 4 is 33.2 Å². The van der Waals surface area contributed by atoms with Crippen molar-refractivity contribution in [2.24, 2.45) is 0 Å². The number of rotatable bonds is 4. The van der Waals surface area contributed by atoms with E-state index in [9.17, 15) is 13.2 Å². The zero-order valence-corrected chi connectivity index (χ0v) is 15.9. The Balaban J connectivity index is 1.75. The molecule has 3 aromatic rings. The van der Waals surface area contributed by atoms with Crippen LogP contribution in [0.2, 0.25) is 5.02 Å². The topological polar surface area (TPSA) is 63.7 Å². The van der Waals surface area contributed by atoms with Crippen molar-refractivity contribution in [3.8, 4) is 5.75 Å². The fraction of sp³-hybridized carbons (Fsp3) is 0.0500. The molecule has 0 aromatic heterocycles. The number of anilines is 1. The van der Waals surface area contributed by atoms with E-state index in [1.165, 1.54) is 53.4 Å². The maximum atomic E-state index is 12.6. The molecule has 1 amide bonds. The van der Waals surface area contributed by atoms with Crippen LogP contribution in [0.5, 0.6) is 5.75 Å². The number of halogens is 1. The molecule has 3 rings (SSSR count). The second-order valence-electron chi connectivity index (χ2n) is 5.69. The maximum Gasteiger partial charge on any atom is 0.419 e. The minimum atomic E-state index is -3.67. The van der Waals surface area contributed by atoms with Gasteiger partial charge < -0.3 is 4.74 Å². The van der Waals surface area contributed by atoms with Gasteiger partial charge >= 0.3 is 6.09 Å². The molecule has 5 nitrogen and oxygen atoms in total. The molecular weight excluding hydrogens is 386 g/mol. The summed E-state index contributed by atoms with van der Waals surface area (Å²) in [7, 11) is -2.08. The van der Waals surface area contributed by atoms with Gasteiger partial charge in [0.1, 0.15) is 5.75 Å². The van der Waals surface area contributed by atoms with E-state index < -0.39 is 15.9 Å². The molecule has 0 spiro atoms. The number of hydrogen-bond acceptors (Lipinski definition) is 4. The van der Waals surface area contributed by atoms with Crippen molar-refractivity contribution in [1.29, 1.82) is 0 Å². The van der Waals surface area contributed by atoms with E-state index in [-0.39, 0.29) is 15.5 Å². The van der Waals surface area contributed by atoms with Crippen LogP contribution in [0.25, 0.3) is 0 Å². The lowest BCUT2D eigenvalue weighted by Gasteiger charge is -2.16. The molecule has 0 saturated carbocycles. The Morgan fingerprint density at radius 3 is 1.93 bits per heavy atom. The Bertz CT molecular complexity index is 1030. The van der Waals surface area contributed by atoms with Crippen LogP contribution >= 0.6 is 11.6 Å². The van der Waals surface area contributed by atoms with E-state index in [1.54, 1.807) is 19.2 Å². The lowest BCUT2D eigenvalue weighted by Crippen LogP contribution is -2.29. The van der Waals surface area contributed by atoms with E-state index >= 15 is 0 Å². The van der Waals surface area contributed by atoms with Crippen LogP contribution in [0.1, 0.15) is 0 Å². The Morgan fingerprint density at radius 1 is 0.852 bits per heavy atom. The largest absolute Gasteiger partial charge is 0.419 e. The second-order valence-corrected chi connectivity index (χ2v) is 8.08. The molecule has 0 atom stereocenters. The van der Waals surface area contributed by atoms with Gasteiger partial charge in [-0.1, -0.05) is 29.8 Å². The highest BCUT2D eigenvalue weighted by Crippen LogP contribution is 2.24. The van der Waals surface area contributed by atoms with Crippen LogP contribution in [0, 0.1) is 0 Å². The Kier molecular flexibility index (Phi) is 5.48. The Hall–Kier alpha value is -2.83. The molecule has 27 heavy (non-hydrogen) atoms. The zero-order valence-electron chi connectivity index (χ0n) is 14.4. The minimum Gasteiger partial charge on any atom is -0.410 e. The smallest absolute Gasteiger partial charge is 0.410 e. The molecule has 0 saturated heterocycles. The average Bonchev–Trinajstić information content (AvgIpc) is 2.69. The summed E-state index contributed by atoms with van der Waals surface area (Å²) in [6.07, 6.45) is -0.575. The van der Waals surface area contributed by atoms with Crippen molar-refractivity contribution in [2.45, 2.75) is 9.79 Å². The summed E-state index contributed by atoms with van der Waals surface area (Å²) < 4.78 is 30.5. The van der Waals surface area contributed by atoms with Crippen molar-refractivity contribution in [1.82, 2.24) is 0 Å². The molecule has 0 unspecified atom stereocenters. The molecule has 0 fully saturated rings. The summed E-state index contributed by atoms with van der Waals surface area (Å²) in [6.45, 7) is 0. The molecule has 0 heterocycles.